The molecule has 1 aromatic carbocycles. The number of ether oxygens (including phenoxy) is 1. The first-order valence-electron chi connectivity index (χ1n) is 7.13. The summed E-state index contributed by atoms with van der Waals surface area (Å²) in [5, 5.41) is 3.59. The Morgan fingerprint density at radius 1 is 1.27 bits per heavy atom. The second kappa shape index (κ2) is 6.69. The van der Waals surface area contributed by atoms with E-state index in [1.165, 1.54) is 11.3 Å². The molecule has 3 rings (SSSR count). The third kappa shape index (κ3) is 3.43. The topological polar surface area (TPSA) is 41.6 Å². The van der Waals surface area contributed by atoms with Crippen LogP contribution in [0.3, 0.4) is 0 Å². The Kier molecular flexibility index (Phi) is 4.66. The molecule has 0 saturated carbocycles. The maximum atomic E-state index is 12.4. The molecule has 6 heteroatoms. The molecule has 4 nitrogen and oxygen atoms in total. The summed E-state index contributed by atoms with van der Waals surface area (Å²) in [5.74, 6) is -0.102. The lowest BCUT2D eigenvalue weighted by atomic mass is 10.2. The Balaban J connectivity index is 1.85. The zero-order valence-corrected chi connectivity index (χ0v) is 13.8. The van der Waals surface area contributed by atoms with Gasteiger partial charge in [0.25, 0.3) is 5.91 Å². The van der Waals surface area contributed by atoms with Gasteiger partial charge in [0.15, 0.2) is 0 Å². The summed E-state index contributed by atoms with van der Waals surface area (Å²) in [5.41, 5.74) is 1.72. The lowest BCUT2D eigenvalue weighted by molar-refractivity contribution is 0.103. The van der Waals surface area contributed by atoms with Crippen LogP contribution in [-0.4, -0.2) is 32.2 Å². The Morgan fingerprint density at radius 3 is 2.73 bits per heavy atom. The molecule has 1 fully saturated rings. The number of nitrogens with one attached hydrogen (secondary N) is 1. The molecule has 116 valence electrons. The number of halogens is 1. The molecule has 0 aliphatic carbocycles. The summed E-state index contributed by atoms with van der Waals surface area (Å²) in [6.07, 6.45) is 0. The van der Waals surface area contributed by atoms with Crippen molar-refractivity contribution >= 4 is 40.2 Å². The van der Waals surface area contributed by atoms with Crippen LogP contribution in [0.4, 0.5) is 11.4 Å². The van der Waals surface area contributed by atoms with Crippen molar-refractivity contribution < 1.29 is 9.53 Å². The van der Waals surface area contributed by atoms with Gasteiger partial charge in [-0.25, -0.2) is 0 Å². The third-order valence-electron chi connectivity index (χ3n) is 3.52. The number of hydrogen-bond donors (Lipinski definition) is 1. The number of aryl methyl sites for hydroxylation is 1. The number of anilines is 2. The Bertz CT molecular complexity index is 681. The van der Waals surface area contributed by atoms with Crippen LogP contribution in [0.15, 0.2) is 30.3 Å². The number of carbonyl (C=O) groups is 1. The summed E-state index contributed by atoms with van der Waals surface area (Å²) in [6.45, 7) is 4.99. The molecule has 1 N–H and O–H groups in total. The van der Waals surface area contributed by atoms with Gasteiger partial charge in [-0.1, -0.05) is 11.6 Å². The van der Waals surface area contributed by atoms with E-state index in [0.29, 0.717) is 23.1 Å². The van der Waals surface area contributed by atoms with Gasteiger partial charge in [0.05, 0.1) is 29.5 Å². The van der Waals surface area contributed by atoms with Crippen molar-refractivity contribution in [2.24, 2.45) is 0 Å². The molecule has 2 aromatic rings. The average Bonchev–Trinajstić information content (AvgIpc) is 2.95. The van der Waals surface area contributed by atoms with Crippen molar-refractivity contribution in [1.29, 1.82) is 0 Å². The van der Waals surface area contributed by atoms with Gasteiger partial charge < -0.3 is 15.0 Å². The fourth-order valence-corrected chi connectivity index (χ4v) is 3.36. The minimum Gasteiger partial charge on any atom is -0.378 e. The van der Waals surface area contributed by atoms with Crippen molar-refractivity contribution in [2.75, 3.05) is 36.5 Å². The normalized spacial score (nSPS) is 14.9. The fourth-order valence-electron chi connectivity index (χ4n) is 2.43. The predicted octanol–water partition coefficient (Wildman–Crippen LogP) is 3.80. The fraction of sp³-hybridized carbons (Fsp3) is 0.312. The number of benzene rings is 1. The standard InChI is InChI=1S/C16H17ClN2O2S/c1-11-2-5-15(22-11)16(20)18-13-10-12(17)3-4-14(13)19-6-8-21-9-7-19/h2-5,10H,6-9H2,1H3,(H,18,20). The van der Waals surface area contributed by atoms with Gasteiger partial charge >= 0.3 is 0 Å². The highest BCUT2D eigenvalue weighted by Gasteiger charge is 2.17. The minimum absolute atomic E-state index is 0.102. The molecule has 1 aromatic heterocycles. The average molecular weight is 337 g/mol. The molecule has 2 heterocycles. The molecule has 0 atom stereocenters. The number of thiophene rings is 1. The van der Waals surface area contributed by atoms with Gasteiger partial charge in [0, 0.05) is 23.0 Å². The van der Waals surface area contributed by atoms with Gasteiger partial charge in [-0.05, 0) is 37.3 Å². The molecule has 1 aliphatic heterocycles. The van der Waals surface area contributed by atoms with Crippen molar-refractivity contribution in [3.05, 3.63) is 45.1 Å². The van der Waals surface area contributed by atoms with E-state index in [0.717, 1.165) is 29.3 Å². The van der Waals surface area contributed by atoms with E-state index in [1.807, 2.05) is 31.2 Å². The van der Waals surface area contributed by atoms with Crippen LogP contribution in [-0.2, 0) is 4.74 Å². The number of nitrogens with zero attached hydrogens (tertiary/aromatic N) is 1. The monoisotopic (exact) mass is 336 g/mol. The predicted molar refractivity (Wildman–Crippen MR) is 91.5 cm³/mol. The van der Waals surface area contributed by atoms with Gasteiger partial charge in [-0.3, -0.25) is 4.79 Å². The smallest absolute Gasteiger partial charge is 0.265 e. The molecular weight excluding hydrogens is 320 g/mol. The highest BCUT2D eigenvalue weighted by Crippen LogP contribution is 2.30. The van der Waals surface area contributed by atoms with Crippen LogP contribution in [0.25, 0.3) is 0 Å². The van der Waals surface area contributed by atoms with Crippen molar-refractivity contribution in [1.82, 2.24) is 0 Å². The van der Waals surface area contributed by atoms with Gasteiger partial charge in [0.2, 0.25) is 0 Å². The van der Waals surface area contributed by atoms with Crippen LogP contribution < -0.4 is 10.2 Å². The first-order valence-corrected chi connectivity index (χ1v) is 8.33. The Hall–Kier alpha value is -1.56. The van der Waals surface area contributed by atoms with E-state index in [-0.39, 0.29) is 5.91 Å². The van der Waals surface area contributed by atoms with Crippen molar-refractivity contribution in [2.45, 2.75) is 6.92 Å². The highest BCUT2D eigenvalue weighted by molar-refractivity contribution is 7.14. The second-order valence-corrected chi connectivity index (χ2v) is 6.85. The highest BCUT2D eigenvalue weighted by atomic mass is 35.5. The van der Waals surface area contributed by atoms with E-state index in [4.69, 9.17) is 16.3 Å². The van der Waals surface area contributed by atoms with E-state index in [2.05, 4.69) is 10.2 Å². The SMILES string of the molecule is Cc1ccc(C(=O)Nc2cc(Cl)ccc2N2CCOCC2)s1. The minimum atomic E-state index is -0.102. The second-order valence-electron chi connectivity index (χ2n) is 5.13. The number of morpholine rings is 1. The number of hydrogen-bond acceptors (Lipinski definition) is 4. The van der Waals surface area contributed by atoms with E-state index in [1.54, 1.807) is 6.07 Å². The Morgan fingerprint density at radius 2 is 2.05 bits per heavy atom. The summed E-state index contributed by atoms with van der Waals surface area (Å²) in [6, 6.07) is 9.37. The number of rotatable bonds is 3. The van der Waals surface area contributed by atoms with Gasteiger partial charge in [0.1, 0.15) is 0 Å². The number of amides is 1. The molecule has 1 aliphatic rings. The zero-order valence-electron chi connectivity index (χ0n) is 12.3. The summed E-state index contributed by atoms with van der Waals surface area (Å²) < 4.78 is 5.38. The molecule has 0 radical (unpaired) electrons. The van der Waals surface area contributed by atoms with Crippen LogP contribution in [0.5, 0.6) is 0 Å². The Labute approximate surface area is 138 Å². The lowest BCUT2D eigenvalue weighted by Crippen LogP contribution is -2.36. The molecule has 1 amide bonds. The van der Waals surface area contributed by atoms with Crippen LogP contribution in [0, 0.1) is 6.92 Å². The molecular formula is C16H17ClN2O2S. The van der Waals surface area contributed by atoms with Crippen LogP contribution in [0.2, 0.25) is 5.02 Å². The van der Waals surface area contributed by atoms with E-state index in [9.17, 15) is 4.79 Å². The zero-order chi connectivity index (χ0) is 15.5. The first kappa shape index (κ1) is 15.3. The molecule has 1 saturated heterocycles. The summed E-state index contributed by atoms with van der Waals surface area (Å²) >= 11 is 7.58. The third-order valence-corrected chi connectivity index (χ3v) is 4.76. The van der Waals surface area contributed by atoms with Crippen molar-refractivity contribution in [3.8, 4) is 0 Å². The van der Waals surface area contributed by atoms with E-state index >= 15 is 0 Å². The summed E-state index contributed by atoms with van der Waals surface area (Å²) in [7, 11) is 0. The summed E-state index contributed by atoms with van der Waals surface area (Å²) in [4.78, 5) is 16.4. The van der Waals surface area contributed by atoms with E-state index < -0.39 is 0 Å². The molecule has 0 bridgehead atoms. The molecule has 22 heavy (non-hydrogen) atoms. The van der Waals surface area contributed by atoms with Gasteiger partial charge in [-0.2, -0.15) is 0 Å². The van der Waals surface area contributed by atoms with Crippen LogP contribution in [0.1, 0.15) is 14.5 Å². The molecule has 0 unspecified atom stereocenters. The van der Waals surface area contributed by atoms with Crippen LogP contribution >= 0.6 is 22.9 Å². The quantitative estimate of drug-likeness (QED) is 0.927. The molecule has 0 spiro atoms. The van der Waals surface area contributed by atoms with Gasteiger partial charge in [-0.15, -0.1) is 11.3 Å². The maximum Gasteiger partial charge on any atom is 0.265 e. The first-order chi connectivity index (χ1) is 10.6. The largest absolute Gasteiger partial charge is 0.378 e. The lowest BCUT2D eigenvalue weighted by Gasteiger charge is -2.30. The maximum absolute atomic E-state index is 12.4. The number of carbonyl (C=O) groups excluding carboxylic acids is 1. The van der Waals surface area contributed by atoms with Crippen molar-refractivity contribution in [3.63, 3.8) is 0 Å².